The molecule has 0 spiro atoms. The van der Waals surface area contributed by atoms with E-state index in [1.807, 2.05) is 18.9 Å². The van der Waals surface area contributed by atoms with Crippen molar-refractivity contribution in [1.82, 2.24) is 4.90 Å². The fraction of sp³-hybridized carbons (Fsp3) is 0.900. The molecular formula is C10H21NO4. The first kappa shape index (κ1) is 14.3. The zero-order valence-electron chi connectivity index (χ0n) is 9.95. The molecule has 0 radical (unpaired) electrons. The highest BCUT2D eigenvalue weighted by Gasteiger charge is 2.32. The minimum atomic E-state index is -1.46. The molecule has 0 aliphatic rings. The molecule has 1 atom stereocenters. The second kappa shape index (κ2) is 6.76. The van der Waals surface area contributed by atoms with E-state index in [4.69, 9.17) is 4.74 Å². The van der Waals surface area contributed by atoms with Crippen LogP contribution < -0.4 is 0 Å². The molecule has 1 unspecified atom stereocenters. The van der Waals surface area contributed by atoms with Crippen molar-refractivity contribution < 1.29 is 19.4 Å². The van der Waals surface area contributed by atoms with Crippen molar-refractivity contribution in [1.29, 1.82) is 0 Å². The van der Waals surface area contributed by atoms with Crippen molar-refractivity contribution in [2.45, 2.75) is 19.4 Å². The number of hydrogen-bond donors (Lipinski definition) is 1. The predicted molar refractivity (Wildman–Crippen MR) is 56.6 cm³/mol. The largest absolute Gasteiger partial charge is 0.467 e. The Bertz CT molecular complexity index is 194. The zero-order valence-corrected chi connectivity index (χ0v) is 9.95. The third kappa shape index (κ3) is 5.71. The normalized spacial score (nSPS) is 15.1. The Kier molecular flexibility index (Phi) is 6.47. The lowest BCUT2D eigenvalue weighted by Gasteiger charge is -2.26. The highest BCUT2D eigenvalue weighted by molar-refractivity contribution is 5.78. The van der Waals surface area contributed by atoms with Gasteiger partial charge in [-0.3, -0.25) is 0 Å². The molecule has 5 nitrogen and oxygen atoms in total. The van der Waals surface area contributed by atoms with Gasteiger partial charge in [-0.25, -0.2) is 4.79 Å². The number of aliphatic hydroxyl groups is 1. The smallest absolute Gasteiger partial charge is 0.338 e. The van der Waals surface area contributed by atoms with Crippen LogP contribution in [0.25, 0.3) is 0 Å². The lowest BCUT2D eigenvalue weighted by molar-refractivity contribution is -0.162. The second-order valence-electron chi connectivity index (χ2n) is 3.70. The third-order valence-corrected chi connectivity index (χ3v) is 2.02. The maximum Gasteiger partial charge on any atom is 0.338 e. The van der Waals surface area contributed by atoms with Gasteiger partial charge < -0.3 is 19.5 Å². The van der Waals surface area contributed by atoms with Gasteiger partial charge in [-0.05, 0) is 20.9 Å². The van der Waals surface area contributed by atoms with E-state index in [9.17, 15) is 9.90 Å². The number of rotatable bonds is 7. The van der Waals surface area contributed by atoms with E-state index in [2.05, 4.69) is 4.74 Å². The van der Waals surface area contributed by atoms with Crippen LogP contribution in [0.15, 0.2) is 0 Å². The predicted octanol–water partition coefficient (Wildman–Crippen LogP) is -0.121. The summed E-state index contributed by atoms with van der Waals surface area (Å²) in [6.07, 6.45) is 0. The summed E-state index contributed by atoms with van der Waals surface area (Å²) < 4.78 is 9.66. The second-order valence-corrected chi connectivity index (χ2v) is 3.70. The molecule has 0 aliphatic heterocycles. The molecule has 5 heteroatoms. The van der Waals surface area contributed by atoms with E-state index in [0.717, 1.165) is 0 Å². The highest BCUT2D eigenvalue weighted by Crippen LogP contribution is 2.07. The third-order valence-electron chi connectivity index (χ3n) is 2.02. The lowest BCUT2D eigenvalue weighted by Crippen LogP contribution is -2.46. The number of nitrogens with zero attached hydrogens (tertiary/aromatic N) is 1. The summed E-state index contributed by atoms with van der Waals surface area (Å²) in [6, 6.07) is 0. The molecule has 0 heterocycles. The van der Waals surface area contributed by atoms with Gasteiger partial charge >= 0.3 is 5.97 Å². The standard InChI is InChI=1S/C10H21NO4/c1-5-15-7-6-11(3)8-10(2,13)9(12)14-4/h13H,5-8H2,1-4H3. The molecule has 0 amide bonds. The van der Waals surface area contributed by atoms with Gasteiger partial charge in [0.2, 0.25) is 0 Å². The summed E-state index contributed by atoms with van der Waals surface area (Å²) in [5.74, 6) is -0.620. The Morgan fingerprint density at radius 3 is 2.60 bits per heavy atom. The summed E-state index contributed by atoms with van der Waals surface area (Å²) in [6.45, 7) is 5.51. The summed E-state index contributed by atoms with van der Waals surface area (Å²) >= 11 is 0. The summed E-state index contributed by atoms with van der Waals surface area (Å²) in [4.78, 5) is 13.0. The van der Waals surface area contributed by atoms with Crippen LogP contribution in [0, 0.1) is 0 Å². The Balaban J connectivity index is 3.93. The molecule has 0 aromatic carbocycles. The average Bonchev–Trinajstić information content (AvgIpc) is 2.16. The first-order chi connectivity index (χ1) is 6.94. The number of hydrogen-bond acceptors (Lipinski definition) is 5. The SMILES string of the molecule is CCOCCN(C)CC(C)(O)C(=O)OC. The fourth-order valence-corrected chi connectivity index (χ4v) is 1.25. The molecule has 1 N–H and O–H groups in total. The van der Waals surface area contributed by atoms with Crippen LogP contribution in [0.1, 0.15) is 13.8 Å². The highest BCUT2D eigenvalue weighted by atomic mass is 16.5. The summed E-state index contributed by atoms with van der Waals surface area (Å²) in [7, 11) is 3.08. The van der Waals surface area contributed by atoms with Crippen LogP contribution in [0.2, 0.25) is 0 Å². The van der Waals surface area contributed by atoms with Crippen molar-refractivity contribution in [2.75, 3.05) is 40.5 Å². The molecule has 15 heavy (non-hydrogen) atoms. The Labute approximate surface area is 91.0 Å². The first-order valence-corrected chi connectivity index (χ1v) is 5.01. The number of esters is 1. The number of carbonyl (C=O) groups excluding carboxylic acids is 1. The molecule has 0 aromatic rings. The van der Waals surface area contributed by atoms with E-state index in [0.29, 0.717) is 19.8 Å². The minimum absolute atomic E-state index is 0.229. The van der Waals surface area contributed by atoms with Gasteiger partial charge in [-0.2, -0.15) is 0 Å². The summed E-state index contributed by atoms with van der Waals surface area (Å²) in [5, 5.41) is 9.75. The van der Waals surface area contributed by atoms with Crippen LogP contribution in [0.3, 0.4) is 0 Å². The quantitative estimate of drug-likeness (QED) is 0.478. The van der Waals surface area contributed by atoms with Gasteiger partial charge in [-0.1, -0.05) is 0 Å². The van der Waals surface area contributed by atoms with Gasteiger partial charge in [0.05, 0.1) is 13.7 Å². The van der Waals surface area contributed by atoms with Crippen LogP contribution in [0.4, 0.5) is 0 Å². The van der Waals surface area contributed by atoms with Crippen molar-refractivity contribution in [3.8, 4) is 0 Å². The van der Waals surface area contributed by atoms with E-state index in [1.54, 1.807) is 0 Å². The molecule has 0 aromatic heterocycles. The van der Waals surface area contributed by atoms with E-state index in [1.165, 1.54) is 14.0 Å². The maximum absolute atomic E-state index is 11.2. The molecule has 0 bridgehead atoms. The first-order valence-electron chi connectivity index (χ1n) is 5.01. The van der Waals surface area contributed by atoms with Crippen molar-refractivity contribution in [3.63, 3.8) is 0 Å². The van der Waals surface area contributed by atoms with Crippen LogP contribution >= 0.6 is 0 Å². The van der Waals surface area contributed by atoms with E-state index < -0.39 is 11.6 Å². The lowest BCUT2D eigenvalue weighted by atomic mass is 10.1. The Morgan fingerprint density at radius 2 is 2.13 bits per heavy atom. The number of methoxy groups -OCH3 is 1. The van der Waals surface area contributed by atoms with Gasteiger partial charge in [0, 0.05) is 19.7 Å². The molecule has 0 fully saturated rings. The van der Waals surface area contributed by atoms with Gasteiger partial charge in [-0.15, -0.1) is 0 Å². The monoisotopic (exact) mass is 219 g/mol. The minimum Gasteiger partial charge on any atom is -0.467 e. The number of ether oxygens (including phenoxy) is 2. The van der Waals surface area contributed by atoms with E-state index in [-0.39, 0.29) is 6.54 Å². The molecular weight excluding hydrogens is 198 g/mol. The molecule has 0 saturated carbocycles. The molecule has 0 aliphatic carbocycles. The zero-order chi connectivity index (χ0) is 11.9. The fourth-order valence-electron chi connectivity index (χ4n) is 1.25. The Hall–Kier alpha value is -0.650. The van der Waals surface area contributed by atoms with Gasteiger partial charge in [0.25, 0.3) is 0 Å². The van der Waals surface area contributed by atoms with Gasteiger partial charge in [0.1, 0.15) is 0 Å². The van der Waals surface area contributed by atoms with Crippen LogP contribution in [-0.2, 0) is 14.3 Å². The van der Waals surface area contributed by atoms with Crippen molar-refractivity contribution in [2.24, 2.45) is 0 Å². The van der Waals surface area contributed by atoms with Crippen LogP contribution in [-0.4, -0.2) is 62.0 Å². The topological polar surface area (TPSA) is 59.0 Å². The molecule has 90 valence electrons. The van der Waals surface area contributed by atoms with Crippen LogP contribution in [0.5, 0.6) is 0 Å². The van der Waals surface area contributed by atoms with Gasteiger partial charge in [0.15, 0.2) is 5.60 Å². The molecule has 0 saturated heterocycles. The number of likely N-dealkylation sites (N-methyl/N-ethyl adjacent to an activating group) is 1. The van der Waals surface area contributed by atoms with E-state index >= 15 is 0 Å². The van der Waals surface area contributed by atoms with Crippen molar-refractivity contribution >= 4 is 5.97 Å². The average molecular weight is 219 g/mol. The van der Waals surface area contributed by atoms with Crippen molar-refractivity contribution in [3.05, 3.63) is 0 Å². The maximum atomic E-state index is 11.2. The summed E-state index contributed by atoms with van der Waals surface area (Å²) in [5.41, 5.74) is -1.46. The number of carbonyl (C=O) groups is 1. The molecule has 0 rings (SSSR count). The Morgan fingerprint density at radius 1 is 1.53 bits per heavy atom.